The summed E-state index contributed by atoms with van der Waals surface area (Å²) >= 11 is 0. The molecule has 3 nitrogen and oxygen atoms in total. The van der Waals surface area contributed by atoms with Crippen LogP contribution in [-0.4, -0.2) is 29.6 Å². The maximum Gasteiger partial charge on any atom is 0.500 e. The van der Waals surface area contributed by atoms with E-state index in [4.69, 9.17) is 13.3 Å². The summed E-state index contributed by atoms with van der Waals surface area (Å²) in [5, 5.41) is 0. The highest BCUT2D eigenvalue weighted by atomic mass is 28.4. The summed E-state index contributed by atoms with van der Waals surface area (Å²) in [6.45, 7) is 2.30. The fourth-order valence-corrected chi connectivity index (χ4v) is 4.96. The summed E-state index contributed by atoms with van der Waals surface area (Å²) in [6, 6.07) is 2.34. The molecule has 10 heteroatoms. The average Bonchev–Trinajstić information content (AvgIpc) is 2.62. The molecule has 1 aromatic carbocycles. The third kappa shape index (κ3) is 7.73. The Kier molecular flexibility index (Phi) is 9.45. The van der Waals surface area contributed by atoms with Gasteiger partial charge in [0.1, 0.15) is 0 Å². The molecule has 0 aliphatic heterocycles. The van der Waals surface area contributed by atoms with Crippen molar-refractivity contribution >= 4 is 8.80 Å². The lowest BCUT2D eigenvalue weighted by atomic mass is 10.00. The van der Waals surface area contributed by atoms with E-state index in [1.165, 1.54) is 14.2 Å². The van der Waals surface area contributed by atoms with Crippen molar-refractivity contribution in [2.45, 2.75) is 57.4 Å². The minimum absolute atomic E-state index is 0.0361. The fourth-order valence-electron chi connectivity index (χ4n) is 2.89. The van der Waals surface area contributed by atoms with Gasteiger partial charge in [0, 0.05) is 26.9 Å². The molecule has 0 fully saturated rings. The van der Waals surface area contributed by atoms with Gasteiger partial charge in [0.05, 0.1) is 11.1 Å². The van der Waals surface area contributed by atoms with E-state index in [2.05, 4.69) is 0 Å². The second-order valence-electron chi connectivity index (χ2n) is 6.35. The van der Waals surface area contributed by atoms with Crippen LogP contribution >= 0.6 is 0 Å². The maximum atomic E-state index is 12.9. The van der Waals surface area contributed by atoms with Crippen LogP contribution in [-0.2, 0) is 32.1 Å². The Morgan fingerprint density at radius 3 is 1.71 bits per heavy atom. The van der Waals surface area contributed by atoms with E-state index in [0.29, 0.717) is 25.5 Å². The third-order valence-corrected chi connectivity index (χ3v) is 7.27. The van der Waals surface area contributed by atoms with E-state index in [1.807, 2.05) is 6.92 Å². The Balaban J connectivity index is 2.61. The Bertz CT molecular complexity index is 568. The highest BCUT2D eigenvalue weighted by Gasteiger charge is 2.38. The van der Waals surface area contributed by atoms with Crippen LogP contribution in [0.2, 0.25) is 6.04 Å². The molecule has 28 heavy (non-hydrogen) atoms. The molecular weight excluding hydrogens is 406 g/mol. The van der Waals surface area contributed by atoms with E-state index in [1.54, 1.807) is 0 Å². The van der Waals surface area contributed by atoms with Crippen molar-refractivity contribution in [1.82, 2.24) is 0 Å². The largest absolute Gasteiger partial charge is 0.500 e. The molecule has 0 saturated carbocycles. The van der Waals surface area contributed by atoms with Crippen LogP contribution in [0.5, 0.6) is 0 Å². The molecule has 0 amide bonds. The first-order valence-corrected chi connectivity index (χ1v) is 10.9. The molecule has 0 saturated heterocycles. The normalized spacial score (nSPS) is 13.2. The number of aryl methyl sites for hydroxylation is 1. The number of alkyl halides is 6. The van der Waals surface area contributed by atoms with Crippen LogP contribution in [0, 0.1) is 0 Å². The molecule has 0 aliphatic rings. The van der Waals surface area contributed by atoms with Crippen LogP contribution in [0.4, 0.5) is 26.3 Å². The first kappa shape index (κ1) is 24.9. The lowest BCUT2D eigenvalue weighted by Crippen LogP contribution is -2.43. The lowest BCUT2D eigenvalue weighted by Gasteiger charge is -2.25. The quantitative estimate of drug-likeness (QED) is 0.240. The van der Waals surface area contributed by atoms with Crippen molar-refractivity contribution in [2.75, 3.05) is 20.8 Å². The Hall–Kier alpha value is -1.10. The molecule has 0 radical (unpaired) electrons. The topological polar surface area (TPSA) is 27.7 Å². The molecule has 0 atom stereocenters. The third-order valence-electron chi connectivity index (χ3n) is 4.33. The maximum absolute atomic E-state index is 12.9. The van der Waals surface area contributed by atoms with Gasteiger partial charge in [-0.2, -0.15) is 26.3 Å². The van der Waals surface area contributed by atoms with E-state index < -0.39 is 32.3 Å². The summed E-state index contributed by atoms with van der Waals surface area (Å²) in [4.78, 5) is 0. The molecule has 1 aromatic rings. The van der Waals surface area contributed by atoms with Crippen LogP contribution in [0.3, 0.4) is 0 Å². The first-order valence-electron chi connectivity index (χ1n) is 9.00. The summed E-state index contributed by atoms with van der Waals surface area (Å²) in [7, 11) is 0.376. The smallest absolute Gasteiger partial charge is 0.377 e. The van der Waals surface area contributed by atoms with E-state index in [0.717, 1.165) is 25.0 Å². The Labute approximate surface area is 162 Å². The van der Waals surface area contributed by atoms with Gasteiger partial charge in [-0.05, 0) is 49.9 Å². The molecule has 0 bridgehead atoms. The predicted molar refractivity (Wildman–Crippen MR) is 94.8 cm³/mol. The Morgan fingerprint density at radius 2 is 1.29 bits per heavy atom. The molecule has 0 heterocycles. The van der Waals surface area contributed by atoms with Crippen molar-refractivity contribution in [1.29, 1.82) is 0 Å². The van der Waals surface area contributed by atoms with Crippen LogP contribution in [0.15, 0.2) is 18.2 Å². The molecule has 0 spiro atoms. The van der Waals surface area contributed by atoms with E-state index in [9.17, 15) is 26.3 Å². The van der Waals surface area contributed by atoms with Crippen molar-refractivity contribution in [2.24, 2.45) is 0 Å². The van der Waals surface area contributed by atoms with Crippen molar-refractivity contribution in [3.63, 3.8) is 0 Å². The van der Waals surface area contributed by atoms with Gasteiger partial charge in [-0.3, -0.25) is 0 Å². The monoisotopic (exact) mass is 432 g/mol. The summed E-state index contributed by atoms with van der Waals surface area (Å²) in [5.41, 5.74) is -2.51. The molecule has 0 aliphatic carbocycles. The second-order valence-corrected chi connectivity index (χ2v) is 9.32. The zero-order valence-electron chi connectivity index (χ0n) is 16.2. The van der Waals surface area contributed by atoms with Crippen LogP contribution in [0.25, 0.3) is 0 Å². The number of hydrogen-bond acceptors (Lipinski definition) is 3. The van der Waals surface area contributed by atoms with E-state index in [-0.39, 0.29) is 18.1 Å². The molecule has 1 rings (SSSR count). The molecule has 0 unspecified atom stereocenters. The summed E-state index contributed by atoms with van der Waals surface area (Å²) in [5.74, 6) is 0. The second kappa shape index (κ2) is 10.6. The zero-order valence-corrected chi connectivity index (χ0v) is 17.2. The Morgan fingerprint density at radius 1 is 0.786 bits per heavy atom. The minimum atomic E-state index is -4.82. The highest BCUT2D eigenvalue weighted by Crippen LogP contribution is 2.36. The van der Waals surface area contributed by atoms with Gasteiger partial charge in [-0.25, -0.2) is 0 Å². The SMILES string of the molecule is CCO[Si](CCCCCCc1cc(C(F)(F)F)cc(C(F)(F)F)c1)(OC)OC. The standard InChI is InChI=1S/C18H26F6O3Si/c1-4-27-28(25-2,26-3)10-8-6-5-7-9-14-11-15(17(19,20)21)13-16(12-14)18(22,23)24/h11-13H,4-10H2,1-3H3. The van der Waals surface area contributed by atoms with Gasteiger partial charge in [-0.15, -0.1) is 0 Å². The molecular formula is C18H26F6O3Si. The lowest BCUT2D eigenvalue weighted by molar-refractivity contribution is -0.143. The molecule has 0 aromatic heterocycles. The summed E-state index contributed by atoms with van der Waals surface area (Å²) < 4.78 is 93.5. The number of rotatable bonds is 11. The van der Waals surface area contributed by atoms with Gasteiger partial charge >= 0.3 is 21.2 Å². The number of unbranched alkanes of at least 4 members (excludes halogenated alkanes) is 3. The van der Waals surface area contributed by atoms with Crippen molar-refractivity contribution < 1.29 is 39.6 Å². The predicted octanol–water partition coefficient (Wildman–Crippen LogP) is 6.10. The molecule has 0 N–H and O–H groups in total. The molecule has 162 valence electrons. The zero-order chi connectivity index (χ0) is 21.4. The van der Waals surface area contributed by atoms with Gasteiger partial charge < -0.3 is 13.3 Å². The first-order chi connectivity index (χ1) is 13.0. The average molecular weight is 432 g/mol. The van der Waals surface area contributed by atoms with E-state index >= 15 is 0 Å². The van der Waals surface area contributed by atoms with Crippen LogP contribution in [0.1, 0.15) is 49.3 Å². The van der Waals surface area contributed by atoms with Gasteiger partial charge in [0.25, 0.3) is 0 Å². The number of halogens is 6. The summed E-state index contributed by atoms with van der Waals surface area (Å²) in [6.07, 6.45) is -6.84. The van der Waals surface area contributed by atoms with Crippen molar-refractivity contribution in [3.8, 4) is 0 Å². The fraction of sp³-hybridized carbons (Fsp3) is 0.667. The van der Waals surface area contributed by atoms with Crippen LogP contribution < -0.4 is 0 Å². The van der Waals surface area contributed by atoms with Gasteiger partial charge in [0.15, 0.2) is 0 Å². The van der Waals surface area contributed by atoms with Crippen molar-refractivity contribution in [3.05, 3.63) is 34.9 Å². The van der Waals surface area contributed by atoms with Gasteiger partial charge in [-0.1, -0.05) is 12.8 Å². The highest BCUT2D eigenvalue weighted by molar-refractivity contribution is 6.60. The number of hydrogen-bond donors (Lipinski definition) is 0. The van der Waals surface area contributed by atoms with Gasteiger partial charge in [0.2, 0.25) is 0 Å². The number of benzene rings is 1. The minimum Gasteiger partial charge on any atom is -0.377 e.